The Balaban J connectivity index is 1.61. The Morgan fingerprint density at radius 3 is 2.30 bits per heavy atom. The summed E-state index contributed by atoms with van der Waals surface area (Å²) in [5, 5.41) is 0. The maximum atomic E-state index is 12.5. The molecule has 0 unspecified atom stereocenters. The van der Waals surface area contributed by atoms with Gasteiger partial charge >= 0.3 is 0 Å². The predicted molar refractivity (Wildman–Crippen MR) is 93.1 cm³/mol. The molecule has 1 heterocycles. The Bertz CT molecular complexity index is 627. The molecule has 120 valence electrons. The van der Waals surface area contributed by atoms with E-state index in [1.165, 1.54) is 11.1 Å². The number of benzene rings is 2. The lowest BCUT2D eigenvalue weighted by Crippen LogP contribution is -2.30. The normalized spacial score (nSPS) is 20.7. The van der Waals surface area contributed by atoms with Crippen molar-refractivity contribution in [3.63, 3.8) is 0 Å². The number of nitrogens with two attached hydrogens (primary N) is 1. The average Bonchev–Trinajstić information content (AvgIpc) is 3.06. The number of aryl methyl sites for hydroxylation is 1. The van der Waals surface area contributed by atoms with E-state index in [2.05, 4.69) is 36.4 Å². The number of hydrogen-bond acceptors (Lipinski definition) is 2. The van der Waals surface area contributed by atoms with Crippen LogP contribution in [0.5, 0.6) is 0 Å². The van der Waals surface area contributed by atoms with E-state index in [-0.39, 0.29) is 5.91 Å². The predicted octanol–water partition coefficient (Wildman–Crippen LogP) is 2.82. The zero-order chi connectivity index (χ0) is 16.1. The van der Waals surface area contributed by atoms with Crippen molar-refractivity contribution in [2.24, 2.45) is 11.7 Å². The molecule has 0 aromatic heterocycles. The zero-order valence-electron chi connectivity index (χ0n) is 13.4. The fraction of sp³-hybridized carbons (Fsp3) is 0.350. The lowest BCUT2D eigenvalue weighted by atomic mass is 9.89. The summed E-state index contributed by atoms with van der Waals surface area (Å²) < 4.78 is 0. The van der Waals surface area contributed by atoms with E-state index in [4.69, 9.17) is 5.73 Å². The van der Waals surface area contributed by atoms with E-state index in [0.717, 1.165) is 19.5 Å². The highest BCUT2D eigenvalue weighted by Gasteiger charge is 2.34. The van der Waals surface area contributed by atoms with Crippen molar-refractivity contribution >= 4 is 5.91 Å². The topological polar surface area (TPSA) is 46.3 Å². The molecule has 2 N–H and O–H groups in total. The van der Waals surface area contributed by atoms with Crippen molar-refractivity contribution in [3.05, 3.63) is 71.8 Å². The van der Waals surface area contributed by atoms with Crippen LogP contribution in [-0.2, 0) is 11.2 Å². The van der Waals surface area contributed by atoms with Gasteiger partial charge in [0, 0.05) is 25.4 Å². The molecular formula is C20H24N2O. The van der Waals surface area contributed by atoms with Crippen molar-refractivity contribution in [1.29, 1.82) is 0 Å². The number of carbonyl (C=O) groups excluding carboxylic acids is 1. The molecule has 0 saturated carbocycles. The highest BCUT2D eigenvalue weighted by Crippen LogP contribution is 2.32. The van der Waals surface area contributed by atoms with Crippen molar-refractivity contribution < 1.29 is 4.79 Å². The Morgan fingerprint density at radius 2 is 1.65 bits per heavy atom. The molecule has 2 aromatic carbocycles. The Labute approximate surface area is 138 Å². The van der Waals surface area contributed by atoms with Crippen LogP contribution in [0.1, 0.15) is 23.5 Å². The van der Waals surface area contributed by atoms with Gasteiger partial charge in [0.2, 0.25) is 5.91 Å². The number of rotatable bonds is 5. The van der Waals surface area contributed by atoms with Crippen LogP contribution in [0.2, 0.25) is 0 Å². The molecule has 0 radical (unpaired) electrons. The maximum Gasteiger partial charge on any atom is 0.222 e. The van der Waals surface area contributed by atoms with E-state index in [1.54, 1.807) is 0 Å². The van der Waals surface area contributed by atoms with E-state index in [1.807, 2.05) is 29.2 Å². The highest BCUT2D eigenvalue weighted by atomic mass is 16.2. The monoisotopic (exact) mass is 308 g/mol. The van der Waals surface area contributed by atoms with Crippen LogP contribution in [0, 0.1) is 5.92 Å². The minimum absolute atomic E-state index is 0.241. The highest BCUT2D eigenvalue weighted by molar-refractivity contribution is 5.77. The molecule has 23 heavy (non-hydrogen) atoms. The molecule has 0 bridgehead atoms. The second-order valence-corrected chi connectivity index (χ2v) is 6.30. The Hall–Kier alpha value is -2.13. The molecule has 0 aliphatic carbocycles. The zero-order valence-corrected chi connectivity index (χ0v) is 13.4. The Morgan fingerprint density at radius 1 is 1.00 bits per heavy atom. The molecule has 2 atom stereocenters. The lowest BCUT2D eigenvalue weighted by molar-refractivity contribution is -0.130. The van der Waals surface area contributed by atoms with E-state index < -0.39 is 0 Å². The van der Waals surface area contributed by atoms with Gasteiger partial charge < -0.3 is 10.6 Å². The summed E-state index contributed by atoms with van der Waals surface area (Å²) in [5.74, 6) is 0.964. The van der Waals surface area contributed by atoms with Gasteiger partial charge in [0.05, 0.1) is 0 Å². The van der Waals surface area contributed by atoms with Crippen molar-refractivity contribution in [2.45, 2.75) is 18.8 Å². The van der Waals surface area contributed by atoms with Gasteiger partial charge in [-0.3, -0.25) is 4.79 Å². The molecule has 3 nitrogen and oxygen atoms in total. The summed E-state index contributed by atoms with van der Waals surface area (Å²) in [4.78, 5) is 14.5. The van der Waals surface area contributed by atoms with Crippen LogP contribution in [-0.4, -0.2) is 30.4 Å². The molecule has 1 fully saturated rings. The average molecular weight is 308 g/mol. The summed E-state index contributed by atoms with van der Waals surface area (Å²) >= 11 is 0. The minimum atomic E-state index is 0.241. The molecule has 3 heteroatoms. The van der Waals surface area contributed by atoms with Crippen LogP contribution in [0.4, 0.5) is 0 Å². The van der Waals surface area contributed by atoms with Gasteiger partial charge in [-0.1, -0.05) is 60.7 Å². The Kier molecular flexibility index (Phi) is 5.09. The van der Waals surface area contributed by atoms with Crippen LogP contribution in [0.3, 0.4) is 0 Å². The van der Waals surface area contributed by atoms with Crippen LogP contribution >= 0.6 is 0 Å². The van der Waals surface area contributed by atoms with Gasteiger partial charge in [0.25, 0.3) is 0 Å². The SMILES string of the molecule is NC[C@@H]1CN(C(=O)CCc2ccccc2)C[C@H]1c1ccccc1. The number of nitrogens with zero attached hydrogens (tertiary/aromatic N) is 1. The van der Waals surface area contributed by atoms with Gasteiger partial charge in [-0.25, -0.2) is 0 Å². The first-order valence-corrected chi connectivity index (χ1v) is 8.34. The number of likely N-dealkylation sites (tertiary alicyclic amines) is 1. The second kappa shape index (κ2) is 7.42. The van der Waals surface area contributed by atoms with E-state index in [9.17, 15) is 4.79 Å². The van der Waals surface area contributed by atoms with Crippen LogP contribution in [0.15, 0.2) is 60.7 Å². The molecule has 2 aromatic rings. The summed E-state index contributed by atoms with van der Waals surface area (Å²) in [6.45, 7) is 2.20. The first-order valence-electron chi connectivity index (χ1n) is 8.34. The van der Waals surface area contributed by atoms with Crippen LogP contribution in [0.25, 0.3) is 0 Å². The largest absolute Gasteiger partial charge is 0.342 e. The van der Waals surface area contributed by atoms with Gasteiger partial charge in [-0.15, -0.1) is 0 Å². The number of hydrogen-bond donors (Lipinski definition) is 1. The third-order valence-corrected chi connectivity index (χ3v) is 4.79. The molecule has 1 aliphatic heterocycles. The van der Waals surface area contributed by atoms with Gasteiger partial charge in [-0.05, 0) is 30.0 Å². The third-order valence-electron chi connectivity index (χ3n) is 4.79. The number of amides is 1. The lowest BCUT2D eigenvalue weighted by Gasteiger charge is -2.17. The molecule has 1 amide bonds. The van der Waals surface area contributed by atoms with Crippen molar-refractivity contribution in [2.75, 3.05) is 19.6 Å². The summed E-state index contributed by atoms with van der Waals surface area (Å²) in [7, 11) is 0. The summed E-state index contributed by atoms with van der Waals surface area (Å²) in [6.07, 6.45) is 1.38. The first kappa shape index (κ1) is 15.8. The smallest absolute Gasteiger partial charge is 0.222 e. The summed E-state index contributed by atoms with van der Waals surface area (Å²) in [5.41, 5.74) is 8.46. The van der Waals surface area contributed by atoms with Crippen molar-refractivity contribution in [1.82, 2.24) is 4.90 Å². The fourth-order valence-corrected chi connectivity index (χ4v) is 3.45. The van der Waals surface area contributed by atoms with Crippen molar-refractivity contribution in [3.8, 4) is 0 Å². The minimum Gasteiger partial charge on any atom is -0.342 e. The second-order valence-electron chi connectivity index (χ2n) is 6.30. The number of carbonyl (C=O) groups is 1. The standard InChI is InChI=1S/C20H24N2O/c21-13-18-14-22(15-19(18)17-9-5-2-6-10-17)20(23)12-11-16-7-3-1-4-8-16/h1-10,18-19H,11-15,21H2/t18-,19+/m1/s1. The van der Waals surface area contributed by atoms with E-state index in [0.29, 0.717) is 24.8 Å². The third kappa shape index (κ3) is 3.80. The van der Waals surface area contributed by atoms with E-state index >= 15 is 0 Å². The van der Waals surface area contributed by atoms with Crippen LogP contribution < -0.4 is 5.73 Å². The molecular weight excluding hydrogens is 284 g/mol. The first-order chi connectivity index (χ1) is 11.3. The van der Waals surface area contributed by atoms with Gasteiger partial charge in [0.15, 0.2) is 0 Å². The van der Waals surface area contributed by atoms with Gasteiger partial charge in [-0.2, -0.15) is 0 Å². The molecule has 3 rings (SSSR count). The molecule has 1 aliphatic rings. The molecule has 1 saturated heterocycles. The maximum absolute atomic E-state index is 12.5. The summed E-state index contributed by atoms with van der Waals surface area (Å²) in [6, 6.07) is 20.6. The fourth-order valence-electron chi connectivity index (χ4n) is 3.45. The molecule has 0 spiro atoms. The quantitative estimate of drug-likeness (QED) is 0.923. The van der Waals surface area contributed by atoms with Gasteiger partial charge in [0.1, 0.15) is 0 Å².